The number of likely N-dealkylation sites (tertiary alicyclic amines) is 1. The van der Waals surface area contributed by atoms with Crippen LogP contribution >= 0.6 is 11.8 Å². The van der Waals surface area contributed by atoms with Gasteiger partial charge in [-0.25, -0.2) is 4.98 Å². The van der Waals surface area contributed by atoms with Crippen LogP contribution in [0.4, 0.5) is 0 Å². The number of carbonyl (C=O) groups excluding carboxylic acids is 2. The van der Waals surface area contributed by atoms with Crippen molar-refractivity contribution in [2.45, 2.75) is 19.9 Å². The zero-order valence-electron chi connectivity index (χ0n) is 11.7. The van der Waals surface area contributed by atoms with E-state index >= 15 is 0 Å². The Morgan fingerprint density at radius 3 is 3.10 bits per heavy atom. The molecule has 1 aliphatic heterocycles. The lowest BCUT2D eigenvalue weighted by Crippen LogP contribution is -2.24. The Bertz CT molecular complexity index is 507. The summed E-state index contributed by atoms with van der Waals surface area (Å²) in [6.45, 7) is 2.84. The fourth-order valence-electron chi connectivity index (χ4n) is 2.23. The number of rotatable bonds is 5. The first-order chi connectivity index (χ1) is 9.58. The number of aromatic nitrogens is 1. The molecule has 1 aromatic rings. The van der Waals surface area contributed by atoms with Gasteiger partial charge in [-0.2, -0.15) is 0 Å². The first-order valence-electron chi connectivity index (χ1n) is 6.48. The summed E-state index contributed by atoms with van der Waals surface area (Å²) in [5, 5.41) is 0.106. The Labute approximate surface area is 122 Å². The number of carbonyl (C=O) groups is 2. The number of amides is 1. The van der Waals surface area contributed by atoms with Crippen molar-refractivity contribution in [2.75, 3.05) is 19.4 Å². The molecular weight excluding hydrogens is 276 g/mol. The maximum absolute atomic E-state index is 12.0. The molecule has 108 valence electrons. The third-order valence-corrected chi connectivity index (χ3v) is 4.24. The lowest BCUT2D eigenvalue weighted by molar-refractivity contribution is -0.128. The predicted molar refractivity (Wildman–Crippen MR) is 77.5 cm³/mol. The average molecular weight is 294 g/mol. The summed E-state index contributed by atoms with van der Waals surface area (Å²) in [5.74, 6) is 1.69. The molecule has 1 fully saturated rings. The van der Waals surface area contributed by atoms with Crippen LogP contribution in [0.2, 0.25) is 0 Å². The summed E-state index contributed by atoms with van der Waals surface area (Å²) >= 11 is 1.30. The Morgan fingerprint density at radius 2 is 2.40 bits per heavy atom. The molecule has 20 heavy (non-hydrogen) atoms. The van der Waals surface area contributed by atoms with E-state index in [1.54, 1.807) is 20.2 Å². The van der Waals surface area contributed by atoms with E-state index in [0.717, 1.165) is 11.3 Å². The smallest absolute Gasteiger partial charge is 0.223 e. The van der Waals surface area contributed by atoms with Gasteiger partial charge < -0.3 is 9.64 Å². The number of hydrogen-bond donors (Lipinski definition) is 0. The van der Waals surface area contributed by atoms with Crippen molar-refractivity contribution >= 4 is 22.8 Å². The first kappa shape index (κ1) is 14.8. The van der Waals surface area contributed by atoms with Gasteiger partial charge in [0.1, 0.15) is 0 Å². The highest BCUT2D eigenvalue weighted by atomic mass is 32.2. The molecule has 5 nitrogen and oxygen atoms in total. The first-order valence-corrected chi connectivity index (χ1v) is 7.47. The lowest BCUT2D eigenvalue weighted by atomic mass is 10.1. The topological polar surface area (TPSA) is 59.5 Å². The second-order valence-electron chi connectivity index (χ2n) is 4.85. The molecule has 6 heteroatoms. The standard InChI is InChI=1S/C14H18N2O3S/c1-10(17)20-9-12-6-14(18)16(8-12)7-11-3-4-15-13(5-11)19-2/h3-5,12H,6-9H2,1-2H3. The van der Waals surface area contributed by atoms with Crippen LogP contribution in [-0.2, 0) is 16.1 Å². The van der Waals surface area contributed by atoms with Crippen LogP contribution in [0.25, 0.3) is 0 Å². The summed E-state index contributed by atoms with van der Waals surface area (Å²) in [6.07, 6.45) is 2.21. The third-order valence-electron chi connectivity index (χ3n) is 3.20. The van der Waals surface area contributed by atoms with Gasteiger partial charge in [-0.15, -0.1) is 0 Å². The van der Waals surface area contributed by atoms with Gasteiger partial charge in [0.15, 0.2) is 5.12 Å². The van der Waals surface area contributed by atoms with E-state index in [4.69, 9.17) is 4.74 Å². The molecule has 0 N–H and O–H groups in total. The molecule has 1 saturated heterocycles. The fraction of sp³-hybridized carbons (Fsp3) is 0.500. The molecule has 0 radical (unpaired) electrons. The van der Waals surface area contributed by atoms with Gasteiger partial charge in [0.25, 0.3) is 0 Å². The van der Waals surface area contributed by atoms with Gasteiger partial charge >= 0.3 is 0 Å². The second-order valence-corrected chi connectivity index (χ2v) is 6.05. The molecule has 1 aliphatic rings. The van der Waals surface area contributed by atoms with E-state index in [9.17, 15) is 9.59 Å². The maximum Gasteiger partial charge on any atom is 0.223 e. The normalized spacial score (nSPS) is 18.4. The summed E-state index contributed by atoms with van der Waals surface area (Å²) in [4.78, 5) is 28.8. The van der Waals surface area contributed by atoms with Crippen LogP contribution in [-0.4, -0.2) is 40.3 Å². The van der Waals surface area contributed by atoms with Gasteiger partial charge in [-0.05, 0) is 17.5 Å². The van der Waals surface area contributed by atoms with Crippen molar-refractivity contribution in [1.82, 2.24) is 9.88 Å². The highest BCUT2D eigenvalue weighted by Gasteiger charge is 2.29. The highest BCUT2D eigenvalue weighted by Crippen LogP contribution is 2.24. The number of hydrogen-bond acceptors (Lipinski definition) is 5. The zero-order valence-corrected chi connectivity index (χ0v) is 12.5. The largest absolute Gasteiger partial charge is 0.481 e. The average Bonchev–Trinajstić information content (AvgIpc) is 2.77. The van der Waals surface area contributed by atoms with Gasteiger partial charge in [0, 0.05) is 44.5 Å². The molecule has 0 saturated carbocycles. The molecule has 0 spiro atoms. The number of nitrogens with zero attached hydrogens (tertiary/aromatic N) is 2. The number of ether oxygens (including phenoxy) is 1. The van der Waals surface area contributed by atoms with Crippen LogP contribution in [0.15, 0.2) is 18.3 Å². The van der Waals surface area contributed by atoms with E-state index in [1.807, 2.05) is 17.0 Å². The molecule has 1 aromatic heterocycles. The van der Waals surface area contributed by atoms with Crippen LogP contribution in [0.3, 0.4) is 0 Å². The second kappa shape index (κ2) is 6.74. The van der Waals surface area contributed by atoms with Crippen molar-refractivity contribution in [2.24, 2.45) is 5.92 Å². The molecule has 0 bridgehead atoms. The fourth-order valence-corrected chi connectivity index (χ4v) is 2.93. The number of methoxy groups -OCH3 is 1. The van der Waals surface area contributed by atoms with Crippen LogP contribution in [0, 0.1) is 5.92 Å². The summed E-state index contributed by atoms with van der Waals surface area (Å²) in [7, 11) is 1.57. The van der Waals surface area contributed by atoms with Gasteiger partial charge in [-0.1, -0.05) is 11.8 Å². The van der Waals surface area contributed by atoms with E-state index in [2.05, 4.69) is 4.98 Å². The molecule has 0 aliphatic carbocycles. The van der Waals surface area contributed by atoms with E-state index < -0.39 is 0 Å². The van der Waals surface area contributed by atoms with Crippen molar-refractivity contribution in [3.05, 3.63) is 23.9 Å². The van der Waals surface area contributed by atoms with Crippen molar-refractivity contribution in [3.8, 4) is 5.88 Å². The molecule has 1 atom stereocenters. The molecule has 1 unspecified atom stereocenters. The van der Waals surface area contributed by atoms with E-state index in [0.29, 0.717) is 25.4 Å². The summed E-state index contributed by atoms with van der Waals surface area (Å²) in [5.41, 5.74) is 1.00. The molecule has 2 heterocycles. The van der Waals surface area contributed by atoms with Crippen LogP contribution in [0.1, 0.15) is 18.9 Å². The minimum atomic E-state index is 0.106. The number of thioether (sulfide) groups is 1. The van der Waals surface area contributed by atoms with Crippen molar-refractivity contribution in [1.29, 1.82) is 0 Å². The van der Waals surface area contributed by atoms with Gasteiger partial charge in [-0.3, -0.25) is 9.59 Å². The SMILES string of the molecule is COc1cc(CN2CC(CSC(C)=O)CC2=O)ccn1. The van der Waals surface area contributed by atoms with Crippen LogP contribution in [0.5, 0.6) is 5.88 Å². The Morgan fingerprint density at radius 1 is 1.60 bits per heavy atom. The minimum absolute atomic E-state index is 0.106. The molecule has 0 aromatic carbocycles. The Hall–Kier alpha value is -1.56. The predicted octanol–water partition coefficient (Wildman–Crippen LogP) is 1.72. The lowest BCUT2D eigenvalue weighted by Gasteiger charge is -2.16. The van der Waals surface area contributed by atoms with E-state index in [-0.39, 0.29) is 16.9 Å². The molecule has 1 amide bonds. The van der Waals surface area contributed by atoms with Gasteiger partial charge in [0.05, 0.1) is 7.11 Å². The zero-order chi connectivity index (χ0) is 14.5. The summed E-state index contributed by atoms with van der Waals surface area (Å²) in [6, 6.07) is 3.72. The minimum Gasteiger partial charge on any atom is -0.481 e. The quantitative estimate of drug-likeness (QED) is 0.827. The number of pyridine rings is 1. The third kappa shape index (κ3) is 3.96. The van der Waals surface area contributed by atoms with Crippen molar-refractivity contribution in [3.63, 3.8) is 0 Å². The molecule has 2 rings (SSSR count). The monoisotopic (exact) mass is 294 g/mol. The maximum atomic E-state index is 12.0. The van der Waals surface area contributed by atoms with Gasteiger partial charge in [0.2, 0.25) is 11.8 Å². The summed E-state index contributed by atoms with van der Waals surface area (Å²) < 4.78 is 5.08. The highest BCUT2D eigenvalue weighted by molar-refractivity contribution is 8.13. The Balaban J connectivity index is 1.92. The van der Waals surface area contributed by atoms with E-state index in [1.165, 1.54) is 11.8 Å². The Kier molecular flexibility index (Phi) is 5.00. The van der Waals surface area contributed by atoms with Crippen LogP contribution < -0.4 is 4.74 Å². The molecular formula is C14H18N2O3S. The van der Waals surface area contributed by atoms with Crippen molar-refractivity contribution < 1.29 is 14.3 Å².